The van der Waals surface area contributed by atoms with Crippen molar-refractivity contribution < 1.29 is 5.11 Å². The van der Waals surface area contributed by atoms with Crippen LogP contribution in [0.2, 0.25) is 5.02 Å². The molecular weight excluding hydrogens is 218 g/mol. The summed E-state index contributed by atoms with van der Waals surface area (Å²) in [7, 11) is 0. The Kier molecular flexibility index (Phi) is 4.58. The SMILES string of the molecule is CCC(O)CSc1ccc(N)cc1Cl. The molecular formula is C10H14ClNOS. The summed E-state index contributed by atoms with van der Waals surface area (Å²) in [5, 5.41) is 10.0. The topological polar surface area (TPSA) is 46.2 Å². The van der Waals surface area contributed by atoms with E-state index < -0.39 is 0 Å². The first-order chi connectivity index (χ1) is 6.63. The molecule has 1 aromatic rings. The van der Waals surface area contributed by atoms with E-state index in [1.54, 1.807) is 17.8 Å². The van der Waals surface area contributed by atoms with E-state index >= 15 is 0 Å². The molecule has 0 aliphatic rings. The van der Waals surface area contributed by atoms with Crippen LogP contribution in [0.15, 0.2) is 23.1 Å². The predicted octanol–water partition coefficient (Wildman–Crippen LogP) is 2.79. The summed E-state index contributed by atoms with van der Waals surface area (Å²) >= 11 is 7.52. The van der Waals surface area contributed by atoms with Gasteiger partial charge < -0.3 is 10.8 Å². The van der Waals surface area contributed by atoms with Crippen LogP contribution in [-0.4, -0.2) is 17.0 Å². The number of hydrogen-bond acceptors (Lipinski definition) is 3. The van der Waals surface area contributed by atoms with Gasteiger partial charge in [0.25, 0.3) is 0 Å². The zero-order valence-corrected chi connectivity index (χ0v) is 9.61. The minimum Gasteiger partial charge on any atom is -0.399 e. The average molecular weight is 232 g/mol. The van der Waals surface area contributed by atoms with Crippen molar-refractivity contribution >= 4 is 29.1 Å². The summed E-state index contributed by atoms with van der Waals surface area (Å²) in [4.78, 5) is 0.966. The van der Waals surface area contributed by atoms with Crippen LogP contribution in [0.5, 0.6) is 0 Å². The molecule has 0 saturated carbocycles. The van der Waals surface area contributed by atoms with Gasteiger partial charge in [0.05, 0.1) is 11.1 Å². The van der Waals surface area contributed by atoms with Crippen molar-refractivity contribution in [3.63, 3.8) is 0 Å². The third kappa shape index (κ3) is 3.40. The van der Waals surface area contributed by atoms with E-state index in [9.17, 15) is 5.11 Å². The molecule has 0 heterocycles. The molecule has 1 atom stereocenters. The Hall–Kier alpha value is -0.380. The predicted molar refractivity (Wildman–Crippen MR) is 62.9 cm³/mol. The number of aliphatic hydroxyl groups is 1. The quantitative estimate of drug-likeness (QED) is 0.619. The lowest BCUT2D eigenvalue weighted by Crippen LogP contribution is -2.07. The molecule has 0 amide bonds. The van der Waals surface area contributed by atoms with Crippen LogP contribution in [0.1, 0.15) is 13.3 Å². The van der Waals surface area contributed by atoms with Gasteiger partial charge in [-0.3, -0.25) is 0 Å². The summed E-state index contributed by atoms with van der Waals surface area (Å²) in [5.41, 5.74) is 6.23. The molecule has 0 spiro atoms. The summed E-state index contributed by atoms with van der Waals surface area (Å²) in [6, 6.07) is 5.42. The number of thioether (sulfide) groups is 1. The van der Waals surface area contributed by atoms with E-state index in [1.807, 2.05) is 19.1 Å². The largest absolute Gasteiger partial charge is 0.399 e. The second-order valence-corrected chi connectivity index (χ2v) is 4.53. The first-order valence-corrected chi connectivity index (χ1v) is 5.85. The molecule has 0 radical (unpaired) electrons. The van der Waals surface area contributed by atoms with Crippen LogP contribution < -0.4 is 5.73 Å². The fraction of sp³-hybridized carbons (Fsp3) is 0.400. The first-order valence-electron chi connectivity index (χ1n) is 4.49. The lowest BCUT2D eigenvalue weighted by molar-refractivity contribution is 0.195. The van der Waals surface area contributed by atoms with Crippen molar-refractivity contribution in [1.82, 2.24) is 0 Å². The lowest BCUT2D eigenvalue weighted by Gasteiger charge is -2.08. The Bertz CT molecular complexity index is 306. The molecule has 4 heteroatoms. The van der Waals surface area contributed by atoms with E-state index in [2.05, 4.69) is 0 Å². The zero-order valence-electron chi connectivity index (χ0n) is 8.03. The van der Waals surface area contributed by atoms with E-state index in [0.29, 0.717) is 16.5 Å². The highest BCUT2D eigenvalue weighted by atomic mass is 35.5. The van der Waals surface area contributed by atoms with Gasteiger partial charge in [0.1, 0.15) is 0 Å². The molecule has 2 nitrogen and oxygen atoms in total. The first kappa shape index (κ1) is 11.7. The number of anilines is 1. The summed E-state index contributed by atoms with van der Waals surface area (Å²) in [6.45, 7) is 1.95. The molecule has 1 unspecified atom stereocenters. The lowest BCUT2D eigenvalue weighted by atomic mass is 10.3. The number of hydrogen-bond donors (Lipinski definition) is 2. The average Bonchev–Trinajstić information content (AvgIpc) is 2.16. The Morgan fingerprint density at radius 2 is 2.29 bits per heavy atom. The number of nitrogen functional groups attached to an aromatic ring is 1. The van der Waals surface area contributed by atoms with Crippen molar-refractivity contribution in [3.05, 3.63) is 23.2 Å². The molecule has 14 heavy (non-hydrogen) atoms. The van der Waals surface area contributed by atoms with Crippen LogP contribution in [0, 0.1) is 0 Å². The third-order valence-electron chi connectivity index (χ3n) is 1.86. The van der Waals surface area contributed by atoms with Gasteiger partial charge >= 0.3 is 0 Å². The minimum absolute atomic E-state index is 0.270. The highest BCUT2D eigenvalue weighted by molar-refractivity contribution is 7.99. The maximum atomic E-state index is 9.38. The van der Waals surface area contributed by atoms with Gasteiger partial charge in [-0.2, -0.15) is 0 Å². The molecule has 0 bridgehead atoms. The number of nitrogens with two attached hydrogens (primary N) is 1. The van der Waals surface area contributed by atoms with Crippen LogP contribution in [0.25, 0.3) is 0 Å². The Balaban J connectivity index is 2.59. The van der Waals surface area contributed by atoms with E-state index in [1.165, 1.54) is 0 Å². The maximum absolute atomic E-state index is 9.38. The fourth-order valence-corrected chi connectivity index (χ4v) is 2.26. The van der Waals surface area contributed by atoms with E-state index in [0.717, 1.165) is 11.3 Å². The van der Waals surface area contributed by atoms with Gasteiger partial charge in [-0.25, -0.2) is 0 Å². The zero-order chi connectivity index (χ0) is 10.6. The monoisotopic (exact) mass is 231 g/mol. The number of aliphatic hydroxyl groups excluding tert-OH is 1. The van der Waals surface area contributed by atoms with Gasteiger partial charge in [0.2, 0.25) is 0 Å². The molecule has 0 aromatic heterocycles. The van der Waals surface area contributed by atoms with Gasteiger partial charge in [-0.15, -0.1) is 11.8 Å². The van der Waals surface area contributed by atoms with E-state index in [-0.39, 0.29) is 6.10 Å². The van der Waals surface area contributed by atoms with Gasteiger partial charge in [0.15, 0.2) is 0 Å². The van der Waals surface area contributed by atoms with Crippen LogP contribution in [-0.2, 0) is 0 Å². The molecule has 0 fully saturated rings. The van der Waals surface area contributed by atoms with Crippen molar-refractivity contribution in [1.29, 1.82) is 0 Å². The molecule has 1 aromatic carbocycles. The molecule has 0 aliphatic carbocycles. The van der Waals surface area contributed by atoms with Crippen molar-refractivity contribution in [3.8, 4) is 0 Å². The fourth-order valence-electron chi connectivity index (χ4n) is 0.938. The summed E-state index contributed by atoms with van der Waals surface area (Å²) in [6.07, 6.45) is 0.494. The van der Waals surface area contributed by atoms with Crippen LogP contribution in [0.4, 0.5) is 5.69 Å². The smallest absolute Gasteiger partial charge is 0.0631 e. The molecule has 3 N–H and O–H groups in total. The van der Waals surface area contributed by atoms with E-state index in [4.69, 9.17) is 17.3 Å². The molecule has 0 saturated heterocycles. The van der Waals surface area contributed by atoms with Gasteiger partial charge in [-0.1, -0.05) is 18.5 Å². The number of halogens is 1. The number of rotatable bonds is 4. The molecule has 78 valence electrons. The Labute approximate surface area is 93.5 Å². The second kappa shape index (κ2) is 5.49. The van der Waals surface area contributed by atoms with Crippen molar-refractivity contribution in [2.24, 2.45) is 0 Å². The maximum Gasteiger partial charge on any atom is 0.0631 e. The Morgan fingerprint density at radius 1 is 1.57 bits per heavy atom. The standard InChI is InChI=1S/C10H14ClNOS/c1-2-8(13)6-14-10-4-3-7(12)5-9(10)11/h3-5,8,13H,2,6,12H2,1H3. The normalized spacial score (nSPS) is 12.8. The highest BCUT2D eigenvalue weighted by Crippen LogP contribution is 2.29. The summed E-state index contributed by atoms with van der Waals surface area (Å²) < 4.78 is 0. The minimum atomic E-state index is -0.270. The Morgan fingerprint density at radius 3 is 2.86 bits per heavy atom. The van der Waals surface area contributed by atoms with Gasteiger partial charge in [-0.05, 0) is 24.6 Å². The van der Waals surface area contributed by atoms with Gasteiger partial charge in [0, 0.05) is 16.3 Å². The van der Waals surface area contributed by atoms with Crippen molar-refractivity contribution in [2.45, 2.75) is 24.3 Å². The number of benzene rings is 1. The second-order valence-electron chi connectivity index (χ2n) is 3.06. The molecule has 0 aliphatic heterocycles. The van der Waals surface area contributed by atoms with Crippen molar-refractivity contribution in [2.75, 3.05) is 11.5 Å². The summed E-state index contributed by atoms with van der Waals surface area (Å²) in [5.74, 6) is 0.667. The van der Waals surface area contributed by atoms with Crippen LogP contribution in [0.3, 0.4) is 0 Å². The molecule has 1 rings (SSSR count). The van der Waals surface area contributed by atoms with Crippen LogP contribution >= 0.6 is 23.4 Å². The third-order valence-corrected chi connectivity index (χ3v) is 3.50. The highest BCUT2D eigenvalue weighted by Gasteiger charge is 2.05.